The van der Waals surface area contributed by atoms with E-state index < -0.39 is 29.6 Å². The van der Waals surface area contributed by atoms with Gasteiger partial charge in [0.15, 0.2) is 0 Å². The van der Waals surface area contributed by atoms with Crippen molar-refractivity contribution in [2.75, 3.05) is 18.5 Å². The molecule has 9 heteroatoms. The molecule has 4 aliphatic rings. The van der Waals surface area contributed by atoms with Crippen molar-refractivity contribution in [3.8, 4) is 0 Å². The fourth-order valence-corrected chi connectivity index (χ4v) is 6.61. The molecule has 3 amide bonds. The average Bonchev–Trinajstić information content (AvgIpc) is 3.51. The standard InChI is InChI=1S/C28H36BrN3O5/c1-17(2)36-16-6-15-32-24(26(34)31-19-7-4-3-5-8-19)28-14-13-21(37-28)22(23(28)27(32)35)25(33)30-20-11-9-18(29)10-12-20/h9-14,17,19,21-24H,3-8,15-16H2,1-2H3,(H,30,33)(H,31,34)/t21-,22-,23-,24-,28+/m1/s1. The minimum Gasteiger partial charge on any atom is -0.379 e. The van der Waals surface area contributed by atoms with Crippen molar-refractivity contribution in [1.82, 2.24) is 10.2 Å². The summed E-state index contributed by atoms with van der Waals surface area (Å²) in [5, 5.41) is 6.17. The van der Waals surface area contributed by atoms with Crippen molar-refractivity contribution in [2.24, 2.45) is 11.8 Å². The molecule has 0 unspecified atom stereocenters. The van der Waals surface area contributed by atoms with Gasteiger partial charge in [0.1, 0.15) is 11.6 Å². The van der Waals surface area contributed by atoms with Crippen LogP contribution in [0.4, 0.5) is 5.69 Å². The van der Waals surface area contributed by atoms with Crippen LogP contribution < -0.4 is 10.6 Å². The molecular formula is C28H36BrN3O5. The van der Waals surface area contributed by atoms with E-state index in [1.54, 1.807) is 17.0 Å². The normalized spacial score (nSPS) is 30.7. The second-order valence-electron chi connectivity index (χ2n) is 10.8. The largest absolute Gasteiger partial charge is 0.379 e. The van der Waals surface area contributed by atoms with E-state index in [1.807, 2.05) is 38.1 Å². The number of amides is 3. The number of nitrogens with one attached hydrogen (secondary N) is 2. The van der Waals surface area contributed by atoms with Gasteiger partial charge in [0.05, 0.1) is 24.0 Å². The molecule has 8 nitrogen and oxygen atoms in total. The molecule has 1 aromatic rings. The number of nitrogens with zero attached hydrogens (tertiary/aromatic N) is 1. The number of benzene rings is 1. The zero-order chi connectivity index (χ0) is 26.2. The van der Waals surface area contributed by atoms with Crippen molar-refractivity contribution in [3.05, 3.63) is 40.9 Å². The van der Waals surface area contributed by atoms with Crippen LogP contribution in [0.1, 0.15) is 52.4 Å². The zero-order valence-corrected chi connectivity index (χ0v) is 23.0. The van der Waals surface area contributed by atoms with Crippen molar-refractivity contribution in [1.29, 1.82) is 0 Å². The Morgan fingerprint density at radius 2 is 1.89 bits per heavy atom. The lowest BCUT2D eigenvalue weighted by Gasteiger charge is -2.34. The Labute approximate surface area is 226 Å². The van der Waals surface area contributed by atoms with E-state index in [9.17, 15) is 14.4 Å². The first kappa shape index (κ1) is 26.4. The number of hydrogen-bond acceptors (Lipinski definition) is 5. The molecule has 0 aromatic heterocycles. The highest BCUT2D eigenvalue weighted by molar-refractivity contribution is 9.10. The number of hydrogen-bond donors (Lipinski definition) is 2. The van der Waals surface area contributed by atoms with Crippen molar-refractivity contribution in [3.63, 3.8) is 0 Å². The van der Waals surface area contributed by atoms with Gasteiger partial charge in [0.25, 0.3) is 0 Å². The summed E-state index contributed by atoms with van der Waals surface area (Å²) in [5.74, 6) is -2.11. The average molecular weight is 575 g/mol. The SMILES string of the molecule is CC(C)OCCCN1C(=O)[C@H]2[C@H](C(=O)Nc3ccc(Br)cc3)[C@H]3C=C[C@@]2(O3)[C@H]1C(=O)NC1CCCCC1. The molecule has 3 aliphatic heterocycles. The maximum atomic E-state index is 13.9. The number of likely N-dealkylation sites (tertiary alicyclic amines) is 1. The van der Waals surface area contributed by atoms with Gasteiger partial charge < -0.3 is 25.0 Å². The first-order valence-corrected chi connectivity index (χ1v) is 14.3. The van der Waals surface area contributed by atoms with Gasteiger partial charge in [0.2, 0.25) is 17.7 Å². The third kappa shape index (κ3) is 5.10. The highest BCUT2D eigenvalue weighted by atomic mass is 79.9. The van der Waals surface area contributed by atoms with Gasteiger partial charge in [-0.25, -0.2) is 0 Å². The van der Waals surface area contributed by atoms with E-state index >= 15 is 0 Å². The van der Waals surface area contributed by atoms with E-state index in [2.05, 4.69) is 26.6 Å². The van der Waals surface area contributed by atoms with Gasteiger partial charge in [-0.15, -0.1) is 0 Å². The molecular weight excluding hydrogens is 538 g/mol. The lowest BCUT2D eigenvalue weighted by atomic mass is 9.74. The smallest absolute Gasteiger partial charge is 0.246 e. The molecule has 200 valence electrons. The minimum atomic E-state index is -1.14. The van der Waals surface area contributed by atoms with Crippen LogP contribution in [0.15, 0.2) is 40.9 Å². The molecule has 3 heterocycles. The van der Waals surface area contributed by atoms with Crippen molar-refractivity contribution >= 4 is 39.3 Å². The molecule has 2 N–H and O–H groups in total. The minimum absolute atomic E-state index is 0.0891. The first-order chi connectivity index (χ1) is 17.8. The molecule has 3 fully saturated rings. The second-order valence-corrected chi connectivity index (χ2v) is 11.8. The first-order valence-electron chi connectivity index (χ1n) is 13.5. The van der Waals surface area contributed by atoms with Crippen LogP contribution in [-0.4, -0.2) is 65.7 Å². The summed E-state index contributed by atoms with van der Waals surface area (Å²) in [6.45, 7) is 4.80. The van der Waals surface area contributed by atoms with Gasteiger partial charge in [-0.3, -0.25) is 14.4 Å². The Kier molecular flexibility index (Phi) is 7.75. The Morgan fingerprint density at radius 1 is 1.16 bits per heavy atom. The third-order valence-corrected chi connectivity index (χ3v) is 8.51. The molecule has 2 saturated heterocycles. The number of fused-ring (bicyclic) bond motifs is 1. The summed E-state index contributed by atoms with van der Waals surface area (Å²) in [6.07, 6.45) is 9.12. The Hall–Kier alpha value is -2.23. The van der Waals surface area contributed by atoms with Gasteiger partial charge >= 0.3 is 0 Å². The lowest BCUT2D eigenvalue weighted by Crippen LogP contribution is -2.56. The Balaban J connectivity index is 1.39. The van der Waals surface area contributed by atoms with Crippen LogP contribution in [-0.2, 0) is 23.9 Å². The van der Waals surface area contributed by atoms with E-state index in [-0.39, 0.29) is 29.9 Å². The predicted octanol–water partition coefficient (Wildman–Crippen LogP) is 3.80. The number of carbonyl (C=O) groups excluding carboxylic acids is 3. The van der Waals surface area contributed by atoms with Gasteiger partial charge in [-0.05, 0) is 57.4 Å². The maximum Gasteiger partial charge on any atom is 0.246 e. The van der Waals surface area contributed by atoms with E-state index in [0.717, 1.165) is 30.2 Å². The summed E-state index contributed by atoms with van der Waals surface area (Å²) in [7, 11) is 0. The van der Waals surface area contributed by atoms with Crippen LogP contribution in [0, 0.1) is 11.8 Å². The van der Waals surface area contributed by atoms with Gasteiger partial charge in [-0.2, -0.15) is 0 Å². The molecule has 1 spiro atoms. The summed E-state index contributed by atoms with van der Waals surface area (Å²) in [4.78, 5) is 42.8. The van der Waals surface area contributed by atoms with Crippen LogP contribution in [0.3, 0.4) is 0 Å². The third-order valence-electron chi connectivity index (χ3n) is 7.98. The lowest BCUT2D eigenvalue weighted by molar-refractivity contribution is -0.141. The Bertz CT molecular complexity index is 1050. The zero-order valence-electron chi connectivity index (χ0n) is 21.5. The number of halogens is 1. The highest BCUT2D eigenvalue weighted by Gasteiger charge is 2.72. The molecule has 5 atom stereocenters. The Morgan fingerprint density at radius 3 is 2.59 bits per heavy atom. The molecule has 1 aromatic carbocycles. The molecule has 2 bridgehead atoms. The monoisotopic (exact) mass is 573 g/mol. The van der Waals surface area contributed by atoms with Crippen molar-refractivity contribution in [2.45, 2.75) is 82.3 Å². The van der Waals surface area contributed by atoms with Crippen LogP contribution in [0.2, 0.25) is 0 Å². The fraction of sp³-hybridized carbons (Fsp3) is 0.607. The van der Waals surface area contributed by atoms with Gasteiger partial charge in [-0.1, -0.05) is 47.3 Å². The molecule has 5 rings (SSSR count). The summed E-state index contributed by atoms with van der Waals surface area (Å²) >= 11 is 3.41. The number of rotatable bonds is 9. The van der Waals surface area contributed by atoms with Crippen LogP contribution in [0.25, 0.3) is 0 Å². The number of carbonyl (C=O) groups is 3. The van der Waals surface area contributed by atoms with E-state index in [4.69, 9.17) is 9.47 Å². The number of ether oxygens (including phenoxy) is 2. The van der Waals surface area contributed by atoms with Crippen LogP contribution >= 0.6 is 15.9 Å². The highest BCUT2D eigenvalue weighted by Crippen LogP contribution is 2.55. The van der Waals surface area contributed by atoms with Crippen LogP contribution in [0.5, 0.6) is 0 Å². The molecule has 0 radical (unpaired) electrons. The second kappa shape index (κ2) is 10.9. The van der Waals surface area contributed by atoms with Crippen molar-refractivity contribution < 1.29 is 23.9 Å². The summed E-state index contributed by atoms with van der Waals surface area (Å²) in [5.41, 5.74) is -0.491. The molecule has 1 saturated carbocycles. The van der Waals surface area contributed by atoms with E-state index in [1.165, 1.54) is 6.42 Å². The van der Waals surface area contributed by atoms with E-state index in [0.29, 0.717) is 25.3 Å². The quantitative estimate of drug-likeness (QED) is 0.346. The topological polar surface area (TPSA) is 97.0 Å². The predicted molar refractivity (Wildman–Crippen MR) is 143 cm³/mol. The fourth-order valence-electron chi connectivity index (χ4n) is 6.35. The summed E-state index contributed by atoms with van der Waals surface area (Å²) in [6, 6.07) is 6.61. The molecule has 37 heavy (non-hydrogen) atoms. The molecule has 1 aliphatic carbocycles. The summed E-state index contributed by atoms with van der Waals surface area (Å²) < 4.78 is 13.0. The number of anilines is 1. The maximum absolute atomic E-state index is 13.9. The van der Waals surface area contributed by atoms with Gasteiger partial charge in [0, 0.05) is 29.4 Å².